The number of ether oxygens (including phenoxy) is 1. The first-order valence-corrected chi connectivity index (χ1v) is 6.80. The molecule has 1 aromatic rings. The van der Waals surface area contributed by atoms with Crippen molar-refractivity contribution >= 4 is 17.8 Å². The van der Waals surface area contributed by atoms with Gasteiger partial charge in [-0.15, -0.1) is 0 Å². The van der Waals surface area contributed by atoms with E-state index in [1.807, 2.05) is 0 Å². The predicted octanol–water partition coefficient (Wildman–Crippen LogP) is 0.577. The summed E-state index contributed by atoms with van der Waals surface area (Å²) in [5.41, 5.74) is 0.934. The van der Waals surface area contributed by atoms with Crippen LogP contribution in [0.1, 0.15) is 29.8 Å². The number of amides is 2. The first-order valence-electron chi connectivity index (χ1n) is 6.80. The van der Waals surface area contributed by atoms with Gasteiger partial charge in [0, 0.05) is 13.5 Å². The summed E-state index contributed by atoms with van der Waals surface area (Å²) in [6.45, 7) is 3.29. The van der Waals surface area contributed by atoms with Crippen LogP contribution in [0.25, 0.3) is 0 Å². The highest BCUT2D eigenvalue weighted by Gasteiger charge is 2.13. The molecule has 22 heavy (non-hydrogen) atoms. The van der Waals surface area contributed by atoms with Crippen LogP contribution in [0.5, 0.6) is 5.75 Å². The first-order chi connectivity index (χ1) is 10.3. The molecule has 1 atom stereocenters. The highest BCUT2D eigenvalue weighted by molar-refractivity contribution is 5.88. The molecule has 7 heteroatoms. The molecule has 3 N–H and O–H groups in total. The van der Waals surface area contributed by atoms with Gasteiger partial charge in [0.05, 0.1) is 12.7 Å². The quantitative estimate of drug-likeness (QED) is 0.683. The van der Waals surface area contributed by atoms with Gasteiger partial charge in [-0.1, -0.05) is 6.07 Å². The van der Waals surface area contributed by atoms with E-state index < -0.39 is 12.0 Å². The van der Waals surface area contributed by atoms with Crippen LogP contribution in [-0.4, -0.2) is 42.6 Å². The average molecular weight is 308 g/mol. The molecular formula is C15H20N2O5. The number of carbonyl (C=O) groups excluding carboxylic acids is 2. The van der Waals surface area contributed by atoms with Crippen LogP contribution in [-0.2, 0) is 16.0 Å². The van der Waals surface area contributed by atoms with Crippen molar-refractivity contribution in [1.29, 1.82) is 0 Å². The average Bonchev–Trinajstić information content (AvgIpc) is 2.46. The van der Waals surface area contributed by atoms with Crippen LogP contribution in [0.4, 0.5) is 0 Å². The third kappa shape index (κ3) is 5.08. The molecule has 1 rings (SSSR count). The topological polar surface area (TPSA) is 105 Å². The molecule has 0 radical (unpaired) electrons. The molecule has 0 fully saturated rings. The number of methoxy groups -OCH3 is 1. The lowest BCUT2D eigenvalue weighted by Crippen LogP contribution is -2.44. The Kier molecular flexibility index (Phi) is 6.37. The van der Waals surface area contributed by atoms with Gasteiger partial charge in [-0.3, -0.25) is 9.59 Å². The number of aromatic carboxylic acids is 1. The number of carboxylic acid groups (broad SMARTS) is 1. The zero-order valence-corrected chi connectivity index (χ0v) is 12.8. The molecule has 0 aromatic heterocycles. The summed E-state index contributed by atoms with van der Waals surface area (Å²) in [5.74, 6) is -1.11. The molecule has 0 spiro atoms. The van der Waals surface area contributed by atoms with Crippen LogP contribution in [0.3, 0.4) is 0 Å². The first kappa shape index (κ1) is 17.5. The van der Waals surface area contributed by atoms with Crippen LogP contribution in [0, 0.1) is 0 Å². The maximum Gasteiger partial charge on any atom is 0.335 e. The van der Waals surface area contributed by atoms with Crippen molar-refractivity contribution in [3.05, 3.63) is 29.3 Å². The van der Waals surface area contributed by atoms with Crippen molar-refractivity contribution in [2.45, 2.75) is 26.3 Å². The Hall–Kier alpha value is -2.57. The van der Waals surface area contributed by atoms with Crippen molar-refractivity contribution in [2.75, 3.05) is 13.7 Å². The van der Waals surface area contributed by atoms with Crippen molar-refractivity contribution in [1.82, 2.24) is 10.6 Å². The van der Waals surface area contributed by atoms with Gasteiger partial charge >= 0.3 is 5.97 Å². The highest BCUT2D eigenvalue weighted by atomic mass is 16.5. The smallest absolute Gasteiger partial charge is 0.335 e. The largest absolute Gasteiger partial charge is 0.496 e. The summed E-state index contributed by atoms with van der Waals surface area (Å²) in [4.78, 5) is 33.5. The van der Waals surface area contributed by atoms with Crippen molar-refractivity contribution < 1.29 is 24.2 Å². The van der Waals surface area contributed by atoms with Crippen molar-refractivity contribution in [3.8, 4) is 5.75 Å². The fourth-order valence-corrected chi connectivity index (χ4v) is 1.93. The molecule has 1 aromatic carbocycles. The summed E-state index contributed by atoms with van der Waals surface area (Å²) in [6, 6.07) is 3.99. The van der Waals surface area contributed by atoms with Crippen molar-refractivity contribution in [2.24, 2.45) is 0 Å². The van der Waals surface area contributed by atoms with Gasteiger partial charge < -0.3 is 20.5 Å². The number of nitrogens with one attached hydrogen (secondary N) is 2. The lowest BCUT2D eigenvalue weighted by Gasteiger charge is -2.14. The maximum absolute atomic E-state index is 11.7. The SMILES string of the molecule is COc1cc(C(=O)O)ccc1CCNC(=O)C(C)NC(C)=O. The molecule has 0 saturated heterocycles. The fourth-order valence-electron chi connectivity index (χ4n) is 1.93. The molecule has 7 nitrogen and oxygen atoms in total. The summed E-state index contributed by atoms with van der Waals surface area (Å²) in [7, 11) is 1.46. The molecule has 0 saturated carbocycles. The maximum atomic E-state index is 11.7. The normalized spacial score (nSPS) is 11.4. The Morgan fingerprint density at radius 2 is 2.00 bits per heavy atom. The van der Waals surface area contributed by atoms with Gasteiger partial charge in [-0.05, 0) is 31.0 Å². The Morgan fingerprint density at radius 3 is 2.55 bits per heavy atom. The van der Waals surface area contributed by atoms with E-state index in [1.54, 1.807) is 13.0 Å². The van der Waals surface area contributed by atoms with Crippen LogP contribution >= 0.6 is 0 Å². The number of rotatable bonds is 7. The molecular weight excluding hydrogens is 288 g/mol. The third-order valence-electron chi connectivity index (χ3n) is 3.04. The van der Waals surface area contributed by atoms with E-state index >= 15 is 0 Å². The van der Waals surface area contributed by atoms with Crippen LogP contribution < -0.4 is 15.4 Å². The minimum absolute atomic E-state index is 0.143. The Bertz CT molecular complexity index is 571. The zero-order chi connectivity index (χ0) is 16.7. The number of hydrogen-bond donors (Lipinski definition) is 3. The molecule has 2 amide bonds. The number of carbonyl (C=O) groups is 3. The molecule has 0 heterocycles. The van der Waals surface area contributed by atoms with Gasteiger partial charge in [-0.2, -0.15) is 0 Å². The molecule has 0 bridgehead atoms. The summed E-state index contributed by atoms with van der Waals surface area (Å²) in [5, 5.41) is 14.1. The fraction of sp³-hybridized carbons (Fsp3) is 0.400. The summed E-state index contributed by atoms with van der Waals surface area (Å²) >= 11 is 0. The Labute approximate surface area is 128 Å². The number of carboxylic acids is 1. The second kappa shape index (κ2) is 8.02. The Morgan fingerprint density at radius 1 is 1.32 bits per heavy atom. The lowest BCUT2D eigenvalue weighted by molar-refractivity contribution is -0.127. The minimum Gasteiger partial charge on any atom is -0.496 e. The second-order valence-corrected chi connectivity index (χ2v) is 4.80. The molecule has 1 unspecified atom stereocenters. The summed E-state index contributed by atoms with van der Waals surface area (Å²) in [6.07, 6.45) is 0.488. The van der Waals surface area contributed by atoms with Crippen LogP contribution in [0.15, 0.2) is 18.2 Å². The second-order valence-electron chi connectivity index (χ2n) is 4.80. The number of hydrogen-bond acceptors (Lipinski definition) is 4. The highest BCUT2D eigenvalue weighted by Crippen LogP contribution is 2.20. The van der Waals surface area contributed by atoms with E-state index in [0.717, 1.165) is 5.56 Å². The predicted molar refractivity (Wildman–Crippen MR) is 79.9 cm³/mol. The summed E-state index contributed by atoms with van der Waals surface area (Å²) < 4.78 is 5.16. The van der Waals surface area contributed by atoms with E-state index in [2.05, 4.69) is 10.6 Å². The monoisotopic (exact) mass is 308 g/mol. The minimum atomic E-state index is -1.03. The van der Waals surface area contributed by atoms with Gasteiger partial charge in [-0.25, -0.2) is 4.79 Å². The molecule has 0 aliphatic rings. The lowest BCUT2D eigenvalue weighted by atomic mass is 10.1. The van der Waals surface area contributed by atoms with E-state index in [0.29, 0.717) is 18.7 Å². The third-order valence-corrected chi connectivity index (χ3v) is 3.04. The van der Waals surface area contributed by atoms with E-state index in [-0.39, 0.29) is 17.4 Å². The standard InChI is InChI=1S/C15H20N2O5/c1-9(17-10(2)18)14(19)16-7-6-11-4-5-12(15(20)21)8-13(11)22-3/h4-5,8-9H,6-7H2,1-3H3,(H,16,19)(H,17,18)(H,20,21). The van der Waals surface area contributed by atoms with Gasteiger partial charge in [0.25, 0.3) is 0 Å². The van der Waals surface area contributed by atoms with E-state index in [9.17, 15) is 14.4 Å². The number of benzene rings is 1. The molecule has 0 aliphatic heterocycles. The van der Waals surface area contributed by atoms with E-state index in [1.165, 1.54) is 26.2 Å². The zero-order valence-electron chi connectivity index (χ0n) is 12.8. The molecule has 120 valence electrons. The van der Waals surface area contributed by atoms with Gasteiger partial charge in [0.15, 0.2) is 0 Å². The van der Waals surface area contributed by atoms with Gasteiger partial charge in [0.2, 0.25) is 11.8 Å². The Balaban J connectivity index is 2.59. The molecule has 0 aliphatic carbocycles. The van der Waals surface area contributed by atoms with Crippen molar-refractivity contribution in [3.63, 3.8) is 0 Å². The van der Waals surface area contributed by atoms with Gasteiger partial charge in [0.1, 0.15) is 11.8 Å². The van der Waals surface area contributed by atoms with E-state index in [4.69, 9.17) is 9.84 Å². The van der Waals surface area contributed by atoms with Crippen LogP contribution in [0.2, 0.25) is 0 Å².